The highest BCUT2D eigenvalue weighted by atomic mass is 32.2. The molecule has 4 rings (SSSR count). The van der Waals surface area contributed by atoms with Crippen LogP contribution in [0.4, 0.5) is 0 Å². The number of carbonyl (C=O) groups is 2. The van der Waals surface area contributed by atoms with Crippen molar-refractivity contribution in [2.45, 2.75) is 38.1 Å². The first-order valence-corrected chi connectivity index (χ1v) is 12.7. The van der Waals surface area contributed by atoms with Gasteiger partial charge in [0.15, 0.2) is 6.61 Å². The molecule has 0 unspecified atom stereocenters. The SMILES string of the molecule is Cc1cc(C(=O)COC(=O)c2cccc(S(=O)(=O)N3CCCC3)c2)c(C)n1Cc1ccccc1. The van der Waals surface area contributed by atoms with E-state index in [1.807, 2.05) is 44.2 Å². The molecule has 0 aliphatic carbocycles. The van der Waals surface area contributed by atoms with Gasteiger partial charge in [0, 0.05) is 36.6 Å². The molecule has 3 aromatic rings. The molecule has 1 aliphatic rings. The first-order valence-electron chi connectivity index (χ1n) is 11.3. The molecular weight excluding hydrogens is 452 g/mol. The Balaban J connectivity index is 1.44. The zero-order valence-corrected chi connectivity index (χ0v) is 20.2. The fourth-order valence-corrected chi connectivity index (χ4v) is 5.81. The predicted octanol–water partition coefficient (Wildman–Crippen LogP) is 3.98. The summed E-state index contributed by atoms with van der Waals surface area (Å²) in [5.41, 5.74) is 3.48. The van der Waals surface area contributed by atoms with Crippen LogP contribution in [-0.2, 0) is 21.3 Å². The molecule has 7 nitrogen and oxygen atoms in total. The lowest BCUT2D eigenvalue weighted by Crippen LogP contribution is -2.28. The van der Waals surface area contributed by atoms with Crippen molar-refractivity contribution >= 4 is 21.8 Å². The molecule has 0 saturated carbocycles. The number of carbonyl (C=O) groups excluding carboxylic acids is 2. The quantitative estimate of drug-likeness (QED) is 0.360. The number of ketones is 1. The highest BCUT2D eigenvalue weighted by Crippen LogP contribution is 2.22. The molecule has 0 atom stereocenters. The molecule has 1 fully saturated rings. The average Bonchev–Trinajstić information content (AvgIpc) is 3.48. The van der Waals surface area contributed by atoms with Crippen molar-refractivity contribution in [1.82, 2.24) is 8.87 Å². The van der Waals surface area contributed by atoms with Gasteiger partial charge in [0.05, 0.1) is 10.5 Å². The lowest BCUT2D eigenvalue weighted by molar-refractivity contribution is 0.0474. The van der Waals surface area contributed by atoms with Gasteiger partial charge in [0.1, 0.15) is 0 Å². The maximum Gasteiger partial charge on any atom is 0.338 e. The van der Waals surface area contributed by atoms with Crippen LogP contribution in [0.25, 0.3) is 0 Å². The fraction of sp³-hybridized carbons (Fsp3) is 0.308. The van der Waals surface area contributed by atoms with E-state index >= 15 is 0 Å². The minimum Gasteiger partial charge on any atom is -0.454 e. The summed E-state index contributed by atoms with van der Waals surface area (Å²) in [6, 6.07) is 17.5. The Morgan fingerprint density at radius 2 is 1.65 bits per heavy atom. The van der Waals surface area contributed by atoms with Crippen molar-refractivity contribution in [3.8, 4) is 0 Å². The third-order valence-electron chi connectivity index (χ3n) is 6.16. The van der Waals surface area contributed by atoms with Gasteiger partial charge in [0.25, 0.3) is 0 Å². The molecule has 0 N–H and O–H groups in total. The number of esters is 1. The van der Waals surface area contributed by atoms with Crippen molar-refractivity contribution in [2.24, 2.45) is 0 Å². The molecule has 1 saturated heterocycles. The van der Waals surface area contributed by atoms with E-state index in [2.05, 4.69) is 4.57 Å². The van der Waals surface area contributed by atoms with Gasteiger partial charge in [-0.25, -0.2) is 13.2 Å². The summed E-state index contributed by atoms with van der Waals surface area (Å²) in [6.07, 6.45) is 1.66. The number of rotatable bonds is 8. The molecule has 0 bridgehead atoms. The van der Waals surface area contributed by atoms with E-state index in [4.69, 9.17) is 4.74 Å². The van der Waals surface area contributed by atoms with Gasteiger partial charge in [-0.2, -0.15) is 4.31 Å². The van der Waals surface area contributed by atoms with Crippen LogP contribution in [0.1, 0.15) is 50.5 Å². The number of Topliss-reactive ketones (excluding diaryl/α,β-unsaturated/α-hetero) is 1. The number of sulfonamides is 1. The molecule has 2 aromatic carbocycles. The maximum absolute atomic E-state index is 12.8. The topological polar surface area (TPSA) is 85.7 Å². The highest BCUT2D eigenvalue weighted by molar-refractivity contribution is 7.89. The molecular formula is C26H28N2O5S. The smallest absolute Gasteiger partial charge is 0.338 e. The summed E-state index contributed by atoms with van der Waals surface area (Å²) in [5, 5.41) is 0. The van der Waals surface area contributed by atoms with Gasteiger partial charge in [-0.05, 0) is 56.5 Å². The van der Waals surface area contributed by atoms with E-state index in [9.17, 15) is 18.0 Å². The fourth-order valence-electron chi connectivity index (χ4n) is 4.25. The molecule has 0 amide bonds. The number of nitrogens with zero attached hydrogens (tertiary/aromatic N) is 2. The summed E-state index contributed by atoms with van der Waals surface area (Å²) >= 11 is 0. The molecule has 1 aliphatic heterocycles. The van der Waals surface area contributed by atoms with E-state index in [0.717, 1.165) is 29.8 Å². The second-order valence-corrected chi connectivity index (χ2v) is 10.4. The molecule has 2 heterocycles. The lowest BCUT2D eigenvalue weighted by atomic mass is 10.1. The van der Waals surface area contributed by atoms with E-state index in [-0.39, 0.29) is 16.2 Å². The van der Waals surface area contributed by atoms with Crippen LogP contribution >= 0.6 is 0 Å². The predicted molar refractivity (Wildman–Crippen MR) is 128 cm³/mol. The van der Waals surface area contributed by atoms with E-state index in [1.54, 1.807) is 6.07 Å². The Morgan fingerprint density at radius 3 is 2.35 bits per heavy atom. The summed E-state index contributed by atoms with van der Waals surface area (Å²) in [7, 11) is -3.65. The molecule has 178 valence electrons. The Morgan fingerprint density at radius 1 is 0.941 bits per heavy atom. The normalized spacial score (nSPS) is 14.3. The number of aromatic nitrogens is 1. The largest absolute Gasteiger partial charge is 0.454 e. The van der Waals surface area contributed by atoms with Crippen molar-refractivity contribution in [3.05, 3.63) is 88.7 Å². The summed E-state index contributed by atoms with van der Waals surface area (Å²) in [4.78, 5) is 25.5. The van der Waals surface area contributed by atoms with Crippen molar-refractivity contribution in [1.29, 1.82) is 0 Å². The van der Waals surface area contributed by atoms with Crippen molar-refractivity contribution in [3.63, 3.8) is 0 Å². The Kier molecular flexibility index (Phi) is 7.00. The van der Waals surface area contributed by atoms with Crippen LogP contribution in [0.15, 0.2) is 65.6 Å². The lowest BCUT2D eigenvalue weighted by Gasteiger charge is -2.15. The van der Waals surface area contributed by atoms with Crippen LogP contribution in [0.3, 0.4) is 0 Å². The number of hydrogen-bond donors (Lipinski definition) is 0. The number of ether oxygens (including phenoxy) is 1. The number of benzene rings is 2. The minimum atomic E-state index is -3.65. The first kappa shape index (κ1) is 23.9. The van der Waals surface area contributed by atoms with Gasteiger partial charge >= 0.3 is 5.97 Å². The first-order chi connectivity index (χ1) is 16.3. The third kappa shape index (κ3) is 4.98. The molecule has 34 heavy (non-hydrogen) atoms. The van der Waals surface area contributed by atoms with Gasteiger partial charge in [-0.15, -0.1) is 0 Å². The molecule has 1 aromatic heterocycles. The van der Waals surface area contributed by atoms with Crippen molar-refractivity contribution < 1.29 is 22.7 Å². The Hall–Kier alpha value is -3.23. The highest BCUT2D eigenvalue weighted by Gasteiger charge is 2.28. The molecule has 0 radical (unpaired) electrons. The second kappa shape index (κ2) is 9.95. The third-order valence-corrected chi connectivity index (χ3v) is 8.06. The van der Waals surface area contributed by atoms with E-state index in [1.165, 1.54) is 28.6 Å². The number of hydrogen-bond acceptors (Lipinski definition) is 5. The molecule has 0 spiro atoms. The monoisotopic (exact) mass is 480 g/mol. The summed E-state index contributed by atoms with van der Waals surface area (Å²) in [6.45, 7) is 4.99. The van der Waals surface area contributed by atoms with Gasteiger partial charge in [-0.3, -0.25) is 4.79 Å². The standard InChI is InChI=1S/C26H28N2O5S/c1-19-15-24(20(2)28(19)17-21-9-4-3-5-10-21)25(29)18-33-26(30)22-11-8-12-23(16-22)34(31,32)27-13-6-7-14-27/h3-5,8-12,15-16H,6-7,13-14,17-18H2,1-2H3. The van der Waals surface area contributed by atoms with E-state index in [0.29, 0.717) is 25.2 Å². The van der Waals surface area contributed by atoms with Crippen LogP contribution in [0.5, 0.6) is 0 Å². The zero-order valence-electron chi connectivity index (χ0n) is 19.4. The summed E-state index contributed by atoms with van der Waals surface area (Å²) < 4.78 is 34.3. The maximum atomic E-state index is 12.8. The van der Waals surface area contributed by atoms with Crippen LogP contribution in [-0.4, -0.2) is 48.7 Å². The Bertz CT molecular complexity index is 1310. The van der Waals surface area contributed by atoms with Crippen LogP contribution in [0, 0.1) is 13.8 Å². The zero-order chi connectivity index (χ0) is 24.3. The van der Waals surface area contributed by atoms with Crippen LogP contribution < -0.4 is 0 Å². The van der Waals surface area contributed by atoms with Gasteiger partial charge < -0.3 is 9.30 Å². The molecule has 8 heteroatoms. The second-order valence-electron chi connectivity index (χ2n) is 8.49. The van der Waals surface area contributed by atoms with Crippen LogP contribution in [0.2, 0.25) is 0 Å². The minimum absolute atomic E-state index is 0.0552. The van der Waals surface area contributed by atoms with Gasteiger partial charge in [0.2, 0.25) is 15.8 Å². The van der Waals surface area contributed by atoms with Gasteiger partial charge in [-0.1, -0.05) is 36.4 Å². The average molecular weight is 481 g/mol. The number of aryl methyl sites for hydroxylation is 1. The summed E-state index contributed by atoms with van der Waals surface area (Å²) in [5.74, 6) is -1.04. The van der Waals surface area contributed by atoms with Crippen molar-refractivity contribution in [2.75, 3.05) is 19.7 Å². The Labute approximate surface area is 200 Å². The van der Waals surface area contributed by atoms with E-state index < -0.39 is 22.6 Å².